The third-order valence-corrected chi connectivity index (χ3v) is 6.92. The van der Waals surface area contributed by atoms with Gasteiger partial charge in [0.15, 0.2) is 0 Å². The summed E-state index contributed by atoms with van der Waals surface area (Å²) < 4.78 is 10.2. The second-order valence-corrected chi connectivity index (χ2v) is 11.1. The number of nitrogens with zero attached hydrogens (tertiary/aromatic N) is 2. The lowest BCUT2D eigenvalue weighted by atomic mass is 9.82. The number of amides is 4. The van der Waals surface area contributed by atoms with Gasteiger partial charge in [-0.05, 0) is 51.5 Å². The smallest absolute Gasteiger partial charge is 0.435 e. The number of carbonyl (C=O) groups excluding carboxylic acids is 4. The van der Waals surface area contributed by atoms with E-state index in [0.29, 0.717) is 18.5 Å². The second-order valence-electron chi connectivity index (χ2n) is 11.1. The molecule has 0 bridgehead atoms. The van der Waals surface area contributed by atoms with Gasteiger partial charge in [-0.3, -0.25) is 9.59 Å². The van der Waals surface area contributed by atoms with Crippen molar-refractivity contribution in [2.75, 3.05) is 13.2 Å². The van der Waals surface area contributed by atoms with Crippen molar-refractivity contribution < 1.29 is 28.7 Å². The number of carbonyl (C=O) groups is 4. The fourth-order valence-electron chi connectivity index (χ4n) is 4.81. The average Bonchev–Trinajstić information content (AvgIpc) is 2.88. The maximum atomic E-state index is 13.6. The van der Waals surface area contributed by atoms with Gasteiger partial charge in [-0.15, -0.1) is 0 Å². The zero-order valence-corrected chi connectivity index (χ0v) is 23.6. The quantitative estimate of drug-likeness (QED) is 0.240. The predicted octanol–water partition coefficient (Wildman–Crippen LogP) is 3.41. The summed E-state index contributed by atoms with van der Waals surface area (Å²) in [5.41, 5.74) is 6.53. The molecule has 1 saturated heterocycles. The molecular formula is C29H41N5O6. The zero-order valence-electron chi connectivity index (χ0n) is 23.6. The Labute approximate surface area is 235 Å². The molecule has 1 aliphatic carbocycles. The van der Waals surface area contributed by atoms with Crippen LogP contribution in [-0.4, -0.2) is 65.6 Å². The van der Waals surface area contributed by atoms with Crippen molar-refractivity contribution in [3.05, 3.63) is 48.0 Å². The maximum absolute atomic E-state index is 13.6. The van der Waals surface area contributed by atoms with Crippen molar-refractivity contribution in [2.24, 2.45) is 16.6 Å². The Balaban J connectivity index is 1.58. The van der Waals surface area contributed by atoms with E-state index in [4.69, 9.17) is 15.2 Å². The summed E-state index contributed by atoms with van der Waals surface area (Å²) in [6.45, 7) is 9.54. The first-order valence-electron chi connectivity index (χ1n) is 13.8. The maximum Gasteiger partial charge on any atom is 0.435 e. The number of ether oxygens (including phenoxy) is 2. The van der Waals surface area contributed by atoms with E-state index in [1.54, 1.807) is 49.9 Å². The largest absolute Gasteiger partial charge is 0.444 e. The van der Waals surface area contributed by atoms with Crippen molar-refractivity contribution in [3.8, 4) is 0 Å². The standard InChI is InChI=1S/C29H41N5O6/c1-5-17-39-27(37)33-24(30)21-13-11-19(12-14-21)18-31-25(35)22-15-16-34(22)26(36)23(20-9-7-6-8-10-20)32-28(38)40-29(2,3)4/h5,11-14,20,22-23H,1,6-10,15-18H2,2-4H3,(H,31,35)(H,32,38)(H2,30,33,37)/t22-,23+/m0/s1. The molecule has 1 heterocycles. The number of hydrogen-bond acceptors (Lipinski definition) is 6. The molecule has 2 atom stereocenters. The molecule has 218 valence electrons. The molecule has 11 heteroatoms. The van der Waals surface area contributed by atoms with E-state index in [1.165, 1.54) is 6.08 Å². The molecule has 1 aromatic rings. The highest BCUT2D eigenvalue weighted by Gasteiger charge is 2.43. The number of benzene rings is 1. The Morgan fingerprint density at radius 2 is 1.80 bits per heavy atom. The Morgan fingerprint density at radius 3 is 2.38 bits per heavy atom. The van der Waals surface area contributed by atoms with Crippen molar-refractivity contribution in [1.82, 2.24) is 15.5 Å². The molecule has 1 aliphatic heterocycles. The number of hydrogen-bond donors (Lipinski definition) is 3. The molecule has 4 N–H and O–H groups in total. The van der Waals surface area contributed by atoms with Gasteiger partial charge in [0.25, 0.3) is 0 Å². The summed E-state index contributed by atoms with van der Waals surface area (Å²) in [7, 11) is 0. The van der Waals surface area contributed by atoms with Gasteiger partial charge in [0.05, 0.1) is 0 Å². The van der Waals surface area contributed by atoms with E-state index in [1.807, 2.05) is 0 Å². The SMILES string of the molecule is C=CCOC(=O)/N=C(\N)c1ccc(CNC(=O)[C@@H]2CCN2C(=O)[C@H](NC(=O)OC(C)(C)C)C2CCCCC2)cc1. The Bertz CT molecular complexity index is 1100. The van der Waals surface area contributed by atoms with E-state index in [0.717, 1.165) is 37.7 Å². The van der Waals surface area contributed by atoms with Crippen LogP contribution in [-0.2, 0) is 25.6 Å². The summed E-state index contributed by atoms with van der Waals surface area (Å²) in [4.78, 5) is 55.9. The van der Waals surface area contributed by atoms with E-state index >= 15 is 0 Å². The van der Waals surface area contributed by atoms with Gasteiger partial charge in [-0.25, -0.2) is 9.59 Å². The summed E-state index contributed by atoms with van der Waals surface area (Å²) in [6.07, 6.45) is 5.36. The molecule has 2 aliphatic rings. The first-order chi connectivity index (χ1) is 19.0. The van der Waals surface area contributed by atoms with Gasteiger partial charge in [0.1, 0.15) is 30.1 Å². The van der Waals surface area contributed by atoms with Gasteiger partial charge in [-0.1, -0.05) is 56.2 Å². The first-order valence-corrected chi connectivity index (χ1v) is 13.8. The first kappa shape index (κ1) is 30.6. The second kappa shape index (κ2) is 14.0. The number of rotatable bonds is 9. The molecule has 3 rings (SSSR count). The Hall–Kier alpha value is -3.89. The van der Waals surface area contributed by atoms with Crippen molar-refractivity contribution in [1.29, 1.82) is 0 Å². The van der Waals surface area contributed by atoms with E-state index in [9.17, 15) is 19.2 Å². The van der Waals surface area contributed by atoms with Crippen LogP contribution in [0.5, 0.6) is 0 Å². The molecule has 40 heavy (non-hydrogen) atoms. The number of nitrogens with two attached hydrogens (primary N) is 1. The number of nitrogens with one attached hydrogen (secondary N) is 2. The van der Waals surface area contributed by atoms with Gasteiger partial charge < -0.3 is 30.7 Å². The highest BCUT2D eigenvalue weighted by molar-refractivity contribution is 6.02. The Morgan fingerprint density at radius 1 is 1.12 bits per heavy atom. The van der Waals surface area contributed by atoms with Crippen LogP contribution in [0, 0.1) is 5.92 Å². The summed E-state index contributed by atoms with van der Waals surface area (Å²) in [5, 5.41) is 5.70. The molecule has 11 nitrogen and oxygen atoms in total. The lowest BCUT2D eigenvalue weighted by Crippen LogP contribution is -2.63. The number of amidine groups is 1. The van der Waals surface area contributed by atoms with Gasteiger partial charge in [0.2, 0.25) is 11.8 Å². The minimum absolute atomic E-state index is 0.0106. The molecule has 0 spiro atoms. The molecule has 2 fully saturated rings. The average molecular weight is 556 g/mol. The molecule has 1 aromatic carbocycles. The van der Waals surface area contributed by atoms with Crippen LogP contribution in [0.25, 0.3) is 0 Å². The molecular weight excluding hydrogens is 514 g/mol. The number of aliphatic imine (C=N–C) groups is 1. The highest BCUT2D eigenvalue weighted by Crippen LogP contribution is 2.30. The van der Waals surface area contributed by atoms with Crippen molar-refractivity contribution in [3.63, 3.8) is 0 Å². The number of alkyl carbamates (subject to hydrolysis) is 1. The highest BCUT2D eigenvalue weighted by atomic mass is 16.6. The monoisotopic (exact) mass is 555 g/mol. The van der Waals surface area contributed by atoms with Crippen LogP contribution in [0.4, 0.5) is 9.59 Å². The number of likely N-dealkylation sites (tertiary alicyclic amines) is 1. The molecule has 0 radical (unpaired) electrons. The fraction of sp³-hybridized carbons (Fsp3) is 0.552. The van der Waals surface area contributed by atoms with Gasteiger partial charge in [-0.2, -0.15) is 4.99 Å². The predicted molar refractivity (Wildman–Crippen MR) is 150 cm³/mol. The van der Waals surface area contributed by atoms with Crippen LogP contribution < -0.4 is 16.4 Å². The van der Waals surface area contributed by atoms with E-state index in [-0.39, 0.29) is 36.7 Å². The fourth-order valence-corrected chi connectivity index (χ4v) is 4.81. The van der Waals surface area contributed by atoms with Crippen LogP contribution in [0.15, 0.2) is 41.9 Å². The minimum Gasteiger partial charge on any atom is -0.444 e. The van der Waals surface area contributed by atoms with Crippen LogP contribution in [0.3, 0.4) is 0 Å². The van der Waals surface area contributed by atoms with E-state index in [2.05, 4.69) is 22.2 Å². The summed E-state index contributed by atoms with van der Waals surface area (Å²) >= 11 is 0. The third-order valence-electron chi connectivity index (χ3n) is 6.92. The van der Waals surface area contributed by atoms with Gasteiger partial charge >= 0.3 is 12.2 Å². The summed E-state index contributed by atoms with van der Waals surface area (Å²) in [6, 6.07) is 5.60. The lowest BCUT2D eigenvalue weighted by molar-refractivity contribution is -0.150. The van der Waals surface area contributed by atoms with Gasteiger partial charge in [0, 0.05) is 18.7 Å². The summed E-state index contributed by atoms with van der Waals surface area (Å²) in [5.74, 6) is -0.471. The van der Waals surface area contributed by atoms with Crippen molar-refractivity contribution in [2.45, 2.75) is 83.5 Å². The van der Waals surface area contributed by atoms with Crippen LogP contribution >= 0.6 is 0 Å². The molecule has 0 aromatic heterocycles. The topological polar surface area (TPSA) is 152 Å². The lowest BCUT2D eigenvalue weighted by Gasteiger charge is -2.43. The third kappa shape index (κ3) is 8.82. The molecule has 0 unspecified atom stereocenters. The van der Waals surface area contributed by atoms with E-state index < -0.39 is 29.9 Å². The van der Waals surface area contributed by atoms with Crippen LogP contribution in [0.1, 0.15) is 70.4 Å². The zero-order chi connectivity index (χ0) is 29.3. The van der Waals surface area contributed by atoms with Crippen LogP contribution in [0.2, 0.25) is 0 Å². The Kier molecular flexibility index (Phi) is 10.7. The van der Waals surface area contributed by atoms with Crippen molar-refractivity contribution >= 4 is 29.8 Å². The molecule has 4 amide bonds. The minimum atomic E-state index is -0.805. The molecule has 1 saturated carbocycles. The normalized spacial score (nSPS) is 18.6.